The number of hydrogen-bond donors (Lipinski definition) is 2. The summed E-state index contributed by atoms with van der Waals surface area (Å²) in [6, 6.07) is 1.70. The molecule has 0 amide bonds. The highest BCUT2D eigenvalue weighted by Gasteiger charge is 2.37. The van der Waals surface area contributed by atoms with Crippen molar-refractivity contribution in [2.24, 2.45) is 10.7 Å². The quantitative estimate of drug-likeness (QED) is 0.576. The maximum atomic E-state index is 6.09. The molecule has 0 aromatic heterocycles. The second-order valence-electron chi connectivity index (χ2n) is 6.10. The molecule has 2 unspecified atom stereocenters. The first-order valence-electron chi connectivity index (χ1n) is 7.67. The Kier molecular flexibility index (Phi) is 3.73. The molecule has 1 saturated carbocycles. The van der Waals surface area contributed by atoms with Gasteiger partial charge in [-0.15, -0.1) is 0 Å². The highest BCUT2D eigenvalue weighted by Crippen LogP contribution is 2.29. The van der Waals surface area contributed by atoms with Gasteiger partial charge in [-0.05, 0) is 38.6 Å². The largest absolute Gasteiger partial charge is 0.370 e. The summed E-state index contributed by atoms with van der Waals surface area (Å²) in [6.07, 6.45) is 10.4. The van der Waals surface area contributed by atoms with Crippen LogP contribution in [0.4, 0.5) is 0 Å². The van der Waals surface area contributed by atoms with Gasteiger partial charge in [-0.3, -0.25) is 4.90 Å². The van der Waals surface area contributed by atoms with Crippen molar-refractivity contribution >= 4 is 5.96 Å². The lowest BCUT2D eigenvalue weighted by Gasteiger charge is -2.24. The van der Waals surface area contributed by atoms with Crippen LogP contribution in [0, 0.1) is 0 Å². The zero-order chi connectivity index (χ0) is 12.4. The minimum Gasteiger partial charge on any atom is -0.370 e. The molecule has 3 rings (SSSR count). The molecule has 4 nitrogen and oxygen atoms in total. The highest BCUT2D eigenvalue weighted by atomic mass is 15.2. The molecule has 3 N–H and O–H groups in total. The van der Waals surface area contributed by atoms with Gasteiger partial charge in [-0.2, -0.15) is 0 Å². The zero-order valence-corrected chi connectivity index (χ0v) is 11.3. The summed E-state index contributed by atoms with van der Waals surface area (Å²) in [6.45, 7) is 2.49. The number of nitrogens with zero attached hydrogens (tertiary/aromatic N) is 2. The third kappa shape index (κ3) is 2.63. The first-order chi connectivity index (χ1) is 8.83. The van der Waals surface area contributed by atoms with Crippen molar-refractivity contribution < 1.29 is 0 Å². The monoisotopic (exact) mass is 250 g/mol. The molecule has 0 radical (unpaired) electrons. The van der Waals surface area contributed by atoms with E-state index in [1.807, 2.05) is 0 Å². The summed E-state index contributed by atoms with van der Waals surface area (Å²) in [7, 11) is 0. The summed E-state index contributed by atoms with van der Waals surface area (Å²) >= 11 is 0. The molecule has 0 spiro atoms. The van der Waals surface area contributed by atoms with Crippen LogP contribution in [0.2, 0.25) is 0 Å². The van der Waals surface area contributed by atoms with Crippen LogP contribution in [0.3, 0.4) is 0 Å². The average molecular weight is 250 g/mol. The van der Waals surface area contributed by atoms with E-state index in [1.165, 1.54) is 64.5 Å². The Hall–Kier alpha value is -0.770. The number of fused-ring (bicyclic) bond motifs is 1. The van der Waals surface area contributed by atoms with Crippen LogP contribution in [-0.2, 0) is 0 Å². The summed E-state index contributed by atoms with van der Waals surface area (Å²) in [5.41, 5.74) is 6.09. The van der Waals surface area contributed by atoms with Crippen LogP contribution >= 0.6 is 0 Å². The van der Waals surface area contributed by atoms with E-state index >= 15 is 0 Å². The van der Waals surface area contributed by atoms with E-state index in [0.29, 0.717) is 24.1 Å². The van der Waals surface area contributed by atoms with E-state index in [4.69, 9.17) is 10.7 Å². The number of aliphatic imine (C=N–C) groups is 1. The fraction of sp³-hybridized carbons (Fsp3) is 0.929. The molecule has 18 heavy (non-hydrogen) atoms. The minimum absolute atomic E-state index is 0.448. The number of guanidine groups is 1. The Morgan fingerprint density at radius 3 is 2.67 bits per heavy atom. The van der Waals surface area contributed by atoms with Crippen LogP contribution < -0.4 is 11.1 Å². The Labute approximate surface area is 110 Å². The van der Waals surface area contributed by atoms with Gasteiger partial charge in [0.1, 0.15) is 0 Å². The molecule has 2 aliphatic heterocycles. The van der Waals surface area contributed by atoms with Crippen LogP contribution in [0.1, 0.15) is 51.4 Å². The van der Waals surface area contributed by atoms with Crippen LogP contribution in [-0.4, -0.2) is 42.1 Å². The third-order valence-corrected chi connectivity index (χ3v) is 4.83. The zero-order valence-electron chi connectivity index (χ0n) is 11.3. The van der Waals surface area contributed by atoms with Gasteiger partial charge in [0.2, 0.25) is 0 Å². The number of rotatable bonds is 2. The van der Waals surface area contributed by atoms with Gasteiger partial charge in [0.15, 0.2) is 5.96 Å². The summed E-state index contributed by atoms with van der Waals surface area (Å²) < 4.78 is 0. The summed E-state index contributed by atoms with van der Waals surface area (Å²) in [5, 5.41) is 3.43. The molecule has 4 heteroatoms. The Morgan fingerprint density at radius 1 is 1.00 bits per heavy atom. The number of hydrogen-bond acceptors (Lipinski definition) is 2. The minimum atomic E-state index is 0.448. The van der Waals surface area contributed by atoms with E-state index in [0.717, 1.165) is 0 Å². The molecular weight excluding hydrogens is 224 g/mol. The maximum Gasteiger partial charge on any atom is 0.189 e. The lowest BCUT2D eigenvalue weighted by Crippen LogP contribution is -2.42. The van der Waals surface area contributed by atoms with Gasteiger partial charge in [-0.25, -0.2) is 4.99 Å². The van der Waals surface area contributed by atoms with Gasteiger partial charge < -0.3 is 11.1 Å². The third-order valence-electron chi connectivity index (χ3n) is 4.83. The van der Waals surface area contributed by atoms with Crippen molar-refractivity contribution in [2.75, 3.05) is 13.1 Å². The molecule has 3 fully saturated rings. The van der Waals surface area contributed by atoms with Gasteiger partial charge in [0.25, 0.3) is 0 Å². The first-order valence-corrected chi connectivity index (χ1v) is 7.67. The predicted octanol–water partition coefficient (Wildman–Crippen LogP) is 1.46. The smallest absolute Gasteiger partial charge is 0.189 e. The topological polar surface area (TPSA) is 53.6 Å². The molecular formula is C14H26N4. The van der Waals surface area contributed by atoms with Crippen molar-refractivity contribution in [1.29, 1.82) is 0 Å². The van der Waals surface area contributed by atoms with E-state index in [2.05, 4.69) is 10.2 Å². The SMILES string of the molecule is NC(=NC1CCN2CCCC12)NC1CCCCC1. The second kappa shape index (κ2) is 5.47. The molecule has 1 aliphatic carbocycles. The van der Waals surface area contributed by atoms with Crippen molar-refractivity contribution in [3.63, 3.8) is 0 Å². The fourth-order valence-electron chi connectivity index (χ4n) is 3.88. The lowest BCUT2D eigenvalue weighted by molar-refractivity contribution is 0.314. The van der Waals surface area contributed by atoms with Crippen molar-refractivity contribution in [2.45, 2.75) is 69.5 Å². The van der Waals surface area contributed by atoms with Crippen LogP contribution in [0.5, 0.6) is 0 Å². The summed E-state index contributed by atoms with van der Waals surface area (Å²) in [5.74, 6) is 0.695. The van der Waals surface area contributed by atoms with Crippen molar-refractivity contribution in [3.05, 3.63) is 0 Å². The fourth-order valence-corrected chi connectivity index (χ4v) is 3.88. The van der Waals surface area contributed by atoms with E-state index in [9.17, 15) is 0 Å². The average Bonchev–Trinajstić information content (AvgIpc) is 2.95. The highest BCUT2D eigenvalue weighted by molar-refractivity contribution is 5.78. The molecule has 0 aromatic carbocycles. The van der Waals surface area contributed by atoms with Gasteiger partial charge >= 0.3 is 0 Å². The lowest BCUT2D eigenvalue weighted by atomic mass is 9.96. The Balaban J connectivity index is 1.54. The molecule has 3 aliphatic rings. The predicted molar refractivity (Wildman–Crippen MR) is 74.6 cm³/mol. The first kappa shape index (κ1) is 12.3. The normalized spacial score (nSPS) is 34.8. The molecule has 0 aromatic rings. The van der Waals surface area contributed by atoms with Gasteiger partial charge in [-0.1, -0.05) is 19.3 Å². The number of nitrogens with one attached hydrogen (secondary N) is 1. The Bertz CT molecular complexity index is 309. The molecule has 2 atom stereocenters. The van der Waals surface area contributed by atoms with E-state index < -0.39 is 0 Å². The second-order valence-corrected chi connectivity index (χ2v) is 6.10. The summed E-state index contributed by atoms with van der Waals surface area (Å²) in [4.78, 5) is 7.34. The van der Waals surface area contributed by atoms with Gasteiger partial charge in [0, 0.05) is 18.6 Å². The van der Waals surface area contributed by atoms with Crippen molar-refractivity contribution in [1.82, 2.24) is 10.2 Å². The standard InChI is InChI=1S/C14H26N4/c15-14(16-11-5-2-1-3-6-11)17-12-8-10-18-9-4-7-13(12)18/h11-13H,1-10H2,(H3,15,16,17). The maximum absolute atomic E-state index is 6.09. The molecule has 2 heterocycles. The number of nitrogens with two attached hydrogens (primary N) is 1. The van der Waals surface area contributed by atoms with E-state index in [1.54, 1.807) is 0 Å². The Morgan fingerprint density at radius 2 is 1.83 bits per heavy atom. The van der Waals surface area contributed by atoms with Crippen LogP contribution in [0.15, 0.2) is 4.99 Å². The van der Waals surface area contributed by atoms with Crippen molar-refractivity contribution in [3.8, 4) is 0 Å². The molecule has 2 saturated heterocycles. The van der Waals surface area contributed by atoms with Crippen LogP contribution in [0.25, 0.3) is 0 Å². The molecule has 0 bridgehead atoms. The molecule has 102 valence electrons. The van der Waals surface area contributed by atoms with E-state index in [-0.39, 0.29) is 0 Å². The van der Waals surface area contributed by atoms with Gasteiger partial charge in [0.05, 0.1) is 6.04 Å².